The molecule has 2 bridgehead atoms. The quantitative estimate of drug-likeness (QED) is 0.248. The van der Waals surface area contributed by atoms with Gasteiger partial charge < -0.3 is 0 Å². The van der Waals surface area contributed by atoms with E-state index in [1.165, 1.54) is 75.7 Å². The molecule has 2 nitrogen and oxygen atoms in total. The van der Waals surface area contributed by atoms with Crippen LogP contribution in [0.15, 0.2) is 36.4 Å². The Morgan fingerprint density at radius 2 is 0.769 bits per heavy atom. The first-order valence-corrected chi connectivity index (χ1v) is 10.2. The maximum atomic E-state index is 12.3. The van der Waals surface area contributed by atoms with Gasteiger partial charge in [0.1, 0.15) is 23.3 Å². The molecule has 3 aliphatic heterocycles. The van der Waals surface area contributed by atoms with Crippen molar-refractivity contribution in [3.05, 3.63) is 66.8 Å². The lowest BCUT2D eigenvalue weighted by Crippen LogP contribution is -2.55. The Hall–Kier alpha value is -0.460. The van der Waals surface area contributed by atoms with Crippen LogP contribution in [0.25, 0.3) is 0 Å². The molecule has 3 saturated heterocycles. The number of hydrogen-bond acceptors (Lipinski definition) is 2. The topological polar surface area (TPSA) is 6.48 Å². The minimum absolute atomic E-state index is 0.0510. The number of piperazine rings is 3. The molecule has 2 aromatic rings. The van der Waals surface area contributed by atoms with Gasteiger partial charge in [0.15, 0.2) is 0 Å². The summed E-state index contributed by atoms with van der Waals surface area (Å²) in [5.41, 5.74) is 0. The Morgan fingerprint density at radius 1 is 0.538 bits per heavy atom. The first-order chi connectivity index (χ1) is 12.4. The number of rotatable bonds is 0. The molecule has 26 heavy (non-hydrogen) atoms. The Balaban J connectivity index is 0.000000140. The Labute approximate surface area is 177 Å². The highest BCUT2D eigenvalue weighted by Crippen LogP contribution is 2.14. The molecule has 3 fully saturated rings. The lowest BCUT2D eigenvalue weighted by molar-refractivity contribution is 0.0647. The zero-order chi connectivity index (χ0) is 19.1. The summed E-state index contributed by atoms with van der Waals surface area (Å²) in [6, 6.07) is 7.59. The van der Waals surface area contributed by atoms with Gasteiger partial charge in [-0.25, -0.2) is 17.6 Å². The van der Waals surface area contributed by atoms with Gasteiger partial charge in [-0.15, -0.1) is 0 Å². The van der Waals surface area contributed by atoms with Crippen LogP contribution < -0.4 is 0 Å². The van der Waals surface area contributed by atoms with Crippen molar-refractivity contribution in [1.82, 2.24) is 9.80 Å². The van der Waals surface area contributed by atoms with Gasteiger partial charge in [-0.2, -0.15) is 0 Å². The van der Waals surface area contributed by atoms with Crippen LogP contribution in [0, 0.1) is 30.4 Å². The number of hydrogen-bond donors (Lipinski definition) is 0. The zero-order valence-electron chi connectivity index (χ0n) is 13.9. The van der Waals surface area contributed by atoms with Crippen molar-refractivity contribution in [2.24, 2.45) is 0 Å². The molecule has 5 rings (SSSR count). The highest BCUT2D eigenvalue weighted by atomic mass is 127. The molecule has 0 spiro atoms. The molecule has 0 unspecified atom stereocenters. The average molecular weight is 592 g/mol. The fraction of sp³-hybridized carbons (Fsp3) is 0.333. The van der Waals surface area contributed by atoms with Gasteiger partial charge in [-0.05, 0) is 69.4 Å². The molecule has 0 saturated carbocycles. The maximum absolute atomic E-state index is 12.3. The van der Waals surface area contributed by atoms with E-state index in [4.69, 9.17) is 0 Å². The normalized spacial score (nSPS) is 20.5. The second-order valence-electron chi connectivity index (χ2n) is 5.75. The highest BCUT2D eigenvalue weighted by Gasteiger charge is 2.21. The number of benzene rings is 2. The predicted octanol–water partition coefficient (Wildman–Crippen LogP) is 4.76. The molecule has 8 heteroatoms. The number of fused-ring (bicyclic) bond motifs is 3. The lowest BCUT2D eigenvalue weighted by atomic mass is 10.2. The van der Waals surface area contributed by atoms with Gasteiger partial charge >= 0.3 is 0 Å². The molecule has 3 heterocycles. The molecular formula is C18H18F4I2N2. The summed E-state index contributed by atoms with van der Waals surface area (Å²) >= 11 is 3.24. The first-order valence-electron chi connectivity index (χ1n) is 8.02. The number of halogens is 6. The maximum Gasteiger partial charge on any atom is 0.139 e. The van der Waals surface area contributed by atoms with Gasteiger partial charge in [0, 0.05) is 39.3 Å². The Bertz CT molecular complexity index is 609. The molecule has 0 N–H and O–H groups in total. The van der Waals surface area contributed by atoms with Crippen LogP contribution in [0.3, 0.4) is 0 Å². The summed E-state index contributed by atoms with van der Waals surface area (Å²) in [5.74, 6) is -2.02. The fourth-order valence-corrected chi connectivity index (χ4v) is 3.19. The standard InChI is InChI=1S/2C6H3F2I.C6H12N2/c2*7-4-2-1-3-5(8)6(4)9;1-2-8-5-3-7(1)4-6-8/h2*1-3H;1-6H2. The second-order valence-corrected chi connectivity index (χ2v) is 7.91. The molecule has 3 aliphatic rings. The third kappa shape index (κ3) is 6.61. The summed E-state index contributed by atoms with van der Waals surface area (Å²) in [5, 5.41) is 0. The predicted molar refractivity (Wildman–Crippen MR) is 111 cm³/mol. The van der Waals surface area contributed by atoms with Gasteiger partial charge in [-0.3, -0.25) is 9.80 Å². The highest BCUT2D eigenvalue weighted by molar-refractivity contribution is 14.1. The minimum atomic E-state index is -0.504. The zero-order valence-corrected chi connectivity index (χ0v) is 18.2. The van der Waals surface area contributed by atoms with E-state index >= 15 is 0 Å². The average Bonchev–Trinajstić information content (AvgIpc) is 2.67. The van der Waals surface area contributed by atoms with Crippen LogP contribution in [0.1, 0.15) is 0 Å². The molecule has 0 amide bonds. The molecule has 0 aliphatic carbocycles. The molecule has 0 aromatic heterocycles. The smallest absolute Gasteiger partial charge is 0.139 e. The largest absolute Gasteiger partial charge is 0.300 e. The van der Waals surface area contributed by atoms with Gasteiger partial charge in [0.05, 0.1) is 7.14 Å². The molecular weight excluding hydrogens is 574 g/mol. The van der Waals surface area contributed by atoms with Crippen molar-refractivity contribution in [3.8, 4) is 0 Å². The van der Waals surface area contributed by atoms with E-state index < -0.39 is 23.3 Å². The summed E-state index contributed by atoms with van der Waals surface area (Å²) < 4.78 is 49.4. The lowest BCUT2D eigenvalue weighted by Gasteiger charge is -2.41. The molecule has 0 radical (unpaired) electrons. The SMILES string of the molecule is C1CN2CCN1CC2.Fc1cccc(F)c1I.Fc1cccc(F)c1I. The van der Waals surface area contributed by atoms with E-state index in [-0.39, 0.29) is 7.14 Å². The second kappa shape index (κ2) is 10.8. The summed E-state index contributed by atoms with van der Waals surface area (Å²) in [6.07, 6.45) is 0. The van der Waals surface area contributed by atoms with Crippen molar-refractivity contribution < 1.29 is 17.6 Å². The van der Waals surface area contributed by atoms with Crippen LogP contribution >= 0.6 is 45.2 Å². The van der Waals surface area contributed by atoms with Crippen molar-refractivity contribution >= 4 is 45.2 Å². The van der Waals surface area contributed by atoms with Gasteiger partial charge in [0.25, 0.3) is 0 Å². The van der Waals surface area contributed by atoms with E-state index in [0.29, 0.717) is 0 Å². The van der Waals surface area contributed by atoms with Crippen molar-refractivity contribution in [1.29, 1.82) is 0 Å². The fourth-order valence-electron chi connectivity index (χ4n) is 2.47. The summed E-state index contributed by atoms with van der Waals surface area (Å²) in [6.45, 7) is 7.92. The summed E-state index contributed by atoms with van der Waals surface area (Å²) in [4.78, 5) is 5.08. The molecule has 2 aromatic carbocycles. The first kappa shape index (κ1) is 21.8. The van der Waals surface area contributed by atoms with E-state index in [1.54, 1.807) is 45.2 Å². The van der Waals surface area contributed by atoms with Crippen LogP contribution in [-0.2, 0) is 0 Å². The van der Waals surface area contributed by atoms with E-state index in [9.17, 15) is 17.6 Å². The molecule has 142 valence electrons. The molecule has 0 atom stereocenters. The Kier molecular flexibility index (Phi) is 9.04. The van der Waals surface area contributed by atoms with E-state index in [1.807, 2.05) is 0 Å². The summed E-state index contributed by atoms with van der Waals surface area (Å²) in [7, 11) is 0. The van der Waals surface area contributed by atoms with Gasteiger partial charge in [0.2, 0.25) is 0 Å². The monoisotopic (exact) mass is 592 g/mol. The Morgan fingerprint density at radius 3 is 0.923 bits per heavy atom. The van der Waals surface area contributed by atoms with Crippen LogP contribution in [0.4, 0.5) is 17.6 Å². The minimum Gasteiger partial charge on any atom is -0.300 e. The van der Waals surface area contributed by atoms with Crippen LogP contribution in [0.2, 0.25) is 0 Å². The number of nitrogens with zero attached hydrogens (tertiary/aromatic N) is 2. The third-order valence-electron chi connectivity index (χ3n) is 4.01. The van der Waals surface area contributed by atoms with Gasteiger partial charge in [-0.1, -0.05) is 12.1 Å². The van der Waals surface area contributed by atoms with Crippen molar-refractivity contribution in [3.63, 3.8) is 0 Å². The third-order valence-corrected chi connectivity index (χ3v) is 6.07. The van der Waals surface area contributed by atoms with E-state index in [0.717, 1.165) is 0 Å². The van der Waals surface area contributed by atoms with Crippen LogP contribution in [-0.4, -0.2) is 49.1 Å². The van der Waals surface area contributed by atoms with Crippen LogP contribution in [0.5, 0.6) is 0 Å². The van der Waals surface area contributed by atoms with Crippen molar-refractivity contribution in [2.45, 2.75) is 0 Å². The van der Waals surface area contributed by atoms with Crippen molar-refractivity contribution in [2.75, 3.05) is 39.3 Å². The van der Waals surface area contributed by atoms with E-state index in [2.05, 4.69) is 9.80 Å².